The number of nitrogens with zero attached hydrogens (tertiary/aromatic N) is 2. The standard InChI is InChI=1S/C17H28N4O3S/c1-14-4-3-5-16(12-14)20-8-10-21(11-9-20)25(23,24)13-17(22)19-7-6-15(2)18/h3-5,12,15H,6-11,13,18H2,1-2H3,(H,19,22). The minimum absolute atomic E-state index is 0.0217. The van der Waals surface area contributed by atoms with Gasteiger partial charge in [0, 0.05) is 44.5 Å². The zero-order chi connectivity index (χ0) is 18.4. The van der Waals surface area contributed by atoms with Gasteiger partial charge in [-0.25, -0.2) is 8.42 Å². The molecule has 7 nitrogen and oxygen atoms in total. The van der Waals surface area contributed by atoms with Crippen molar-refractivity contribution in [2.45, 2.75) is 26.3 Å². The number of hydrogen-bond acceptors (Lipinski definition) is 5. The van der Waals surface area contributed by atoms with Crippen molar-refractivity contribution in [1.29, 1.82) is 0 Å². The molecule has 1 atom stereocenters. The predicted octanol–water partition coefficient (Wildman–Crippen LogP) is 0.300. The Morgan fingerprint density at radius 3 is 2.56 bits per heavy atom. The summed E-state index contributed by atoms with van der Waals surface area (Å²) in [7, 11) is -3.58. The Morgan fingerprint density at radius 2 is 1.96 bits per heavy atom. The minimum Gasteiger partial charge on any atom is -0.369 e. The number of hydrogen-bond donors (Lipinski definition) is 2. The third-order valence-corrected chi connectivity index (χ3v) is 6.01. The second kappa shape index (κ2) is 8.64. The molecule has 1 heterocycles. The van der Waals surface area contributed by atoms with E-state index in [0.29, 0.717) is 39.1 Å². The minimum atomic E-state index is -3.58. The molecule has 8 heteroatoms. The summed E-state index contributed by atoms with van der Waals surface area (Å²) in [5.41, 5.74) is 7.89. The van der Waals surface area contributed by atoms with Gasteiger partial charge in [0.25, 0.3) is 0 Å². The number of carbonyl (C=O) groups excluding carboxylic acids is 1. The molecular weight excluding hydrogens is 340 g/mol. The average molecular weight is 369 g/mol. The molecule has 1 aromatic rings. The van der Waals surface area contributed by atoms with Gasteiger partial charge in [0.05, 0.1) is 0 Å². The second-order valence-corrected chi connectivity index (χ2v) is 8.57. The number of benzene rings is 1. The van der Waals surface area contributed by atoms with E-state index in [2.05, 4.69) is 16.3 Å². The van der Waals surface area contributed by atoms with E-state index < -0.39 is 21.7 Å². The van der Waals surface area contributed by atoms with E-state index in [-0.39, 0.29) is 6.04 Å². The number of nitrogens with one attached hydrogen (secondary N) is 1. The average Bonchev–Trinajstić information content (AvgIpc) is 2.54. The Morgan fingerprint density at radius 1 is 1.28 bits per heavy atom. The molecule has 1 saturated heterocycles. The molecule has 1 aliphatic heterocycles. The number of sulfonamides is 1. The highest BCUT2D eigenvalue weighted by atomic mass is 32.2. The summed E-state index contributed by atoms with van der Waals surface area (Å²) in [5, 5.41) is 2.61. The normalized spacial score (nSPS) is 17.3. The molecule has 1 unspecified atom stereocenters. The first-order chi connectivity index (χ1) is 11.8. The molecule has 1 amide bonds. The smallest absolute Gasteiger partial charge is 0.236 e. The molecule has 0 aromatic heterocycles. The van der Waals surface area contributed by atoms with Crippen molar-refractivity contribution < 1.29 is 13.2 Å². The quantitative estimate of drug-likeness (QED) is 0.722. The Kier molecular flexibility index (Phi) is 6.80. The van der Waals surface area contributed by atoms with Crippen molar-refractivity contribution in [2.75, 3.05) is 43.4 Å². The fourth-order valence-electron chi connectivity index (χ4n) is 2.80. The molecular formula is C17H28N4O3S. The summed E-state index contributed by atoms with van der Waals surface area (Å²) in [5.74, 6) is -0.974. The van der Waals surface area contributed by atoms with Gasteiger partial charge in [-0.1, -0.05) is 12.1 Å². The number of amides is 1. The molecule has 2 rings (SSSR count). The monoisotopic (exact) mass is 368 g/mol. The van der Waals surface area contributed by atoms with E-state index in [0.717, 1.165) is 5.69 Å². The Labute approximate surface area is 150 Å². The van der Waals surface area contributed by atoms with E-state index >= 15 is 0 Å². The summed E-state index contributed by atoms with van der Waals surface area (Å²) >= 11 is 0. The van der Waals surface area contributed by atoms with E-state index in [9.17, 15) is 13.2 Å². The van der Waals surface area contributed by atoms with Gasteiger partial charge < -0.3 is 16.0 Å². The van der Waals surface area contributed by atoms with Crippen LogP contribution in [0, 0.1) is 6.92 Å². The van der Waals surface area contributed by atoms with Crippen LogP contribution >= 0.6 is 0 Å². The maximum absolute atomic E-state index is 12.4. The summed E-state index contributed by atoms with van der Waals surface area (Å²) < 4.78 is 26.2. The third kappa shape index (κ3) is 5.98. The fraction of sp³-hybridized carbons (Fsp3) is 0.588. The molecule has 0 bridgehead atoms. The summed E-state index contributed by atoms with van der Waals surface area (Å²) in [6.07, 6.45) is 0.626. The molecule has 1 aliphatic rings. The highest BCUT2D eigenvalue weighted by molar-refractivity contribution is 7.89. The molecule has 0 aliphatic carbocycles. The van der Waals surface area contributed by atoms with Crippen LogP contribution < -0.4 is 16.0 Å². The molecule has 140 valence electrons. The number of nitrogens with two attached hydrogens (primary N) is 1. The first-order valence-corrected chi connectivity index (χ1v) is 10.2. The first-order valence-electron chi connectivity index (χ1n) is 8.59. The van der Waals surface area contributed by atoms with Gasteiger partial charge in [0.2, 0.25) is 15.9 Å². The third-order valence-electron chi connectivity index (χ3n) is 4.23. The van der Waals surface area contributed by atoms with Crippen LogP contribution in [0.1, 0.15) is 18.9 Å². The lowest BCUT2D eigenvalue weighted by Crippen LogP contribution is -2.50. The SMILES string of the molecule is Cc1cccc(N2CCN(S(=O)(=O)CC(=O)NCCC(C)N)CC2)c1. The van der Waals surface area contributed by atoms with Gasteiger partial charge in [0.1, 0.15) is 5.75 Å². The maximum Gasteiger partial charge on any atom is 0.236 e. The van der Waals surface area contributed by atoms with Crippen LogP contribution in [0.25, 0.3) is 0 Å². The van der Waals surface area contributed by atoms with Crippen molar-refractivity contribution in [3.05, 3.63) is 29.8 Å². The van der Waals surface area contributed by atoms with Gasteiger partial charge >= 0.3 is 0 Å². The predicted molar refractivity (Wildman–Crippen MR) is 100 cm³/mol. The van der Waals surface area contributed by atoms with E-state index in [1.54, 1.807) is 0 Å². The van der Waals surface area contributed by atoms with Gasteiger partial charge in [-0.15, -0.1) is 0 Å². The lowest BCUT2D eigenvalue weighted by atomic mass is 10.2. The van der Waals surface area contributed by atoms with Crippen molar-refractivity contribution in [1.82, 2.24) is 9.62 Å². The van der Waals surface area contributed by atoms with Gasteiger partial charge in [0.15, 0.2) is 0 Å². The number of anilines is 1. The highest BCUT2D eigenvalue weighted by Crippen LogP contribution is 2.19. The highest BCUT2D eigenvalue weighted by Gasteiger charge is 2.29. The van der Waals surface area contributed by atoms with E-state index in [4.69, 9.17) is 5.73 Å². The Balaban J connectivity index is 1.85. The second-order valence-electron chi connectivity index (χ2n) is 6.60. The summed E-state index contributed by atoms with van der Waals surface area (Å²) in [4.78, 5) is 14.0. The van der Waals surface area contributed by atoms with Gasteiger partial charge in [-0.05, 0) is 38.0 Å². The molecule has 0 radical (unpaired) electrons. The van der Waals surface area contributed by atoms with Crippen molar-refractivity contribution in [3.63, 3.8) is 0 Å². The van der Waals surface area contributed by atoms with Crippen LogP contribution in [0.2, 0.25) is 0 Å². The van der Waals surface area contributed by atoms with Crippen molar-refractivity contribution in [3.8, 4) is 0 Å². The zero-order valence-electron chi connectivity index (χ0n) is 14.9. The van der Waals surface area contributed by atoms with Crippen LogP contribution in [0.4, 0.5) is 5.69 Å². The first kappa shape index (κ1) is 19.7. The molecule has 3 N–H and O–H groups in total. The summed E-state index contributed by atoms with van der Waals surface area (Å²) in [6, 6.07) is 8.14. The van der Waals surface area contributed by atoms with Gasteiger partial charge in [-0.3, -0.25) is 4.79 Å². The van der Waals surface area contributed by atoms with Crippen molar-refractivity contribution >= 4 is 21.6 Å². The van der Waals surface area contributed by atoms with Crippen LogP contribution in [-0.2, 0) is 14.8 Å². The number of piperazine rings is 1. The zero-order valence-corrected chi connectivity index (χ0v) is 15.8. The summed E-state index contributed by atoms with van der Waals surface area (Å²) in [6.45, 7) is 6.30. The Hall–Kier alpha value is -1.64. The van der Waals surface area contributed by atoms with Crippen LogP contribution in [0.15, 0.2) is 24.3 Å². The molecule has 0 saturated carbocycles. The van der Waals surface area contributed by atoms with Crippen LogP contribution in [0.3, 0.4) is 0 Å². The molecule has 1 fully saturated rings. The molecule has 1 aromatic carbocycles. The van der Waals surface area contributed by atoms with Gasteiger partial charge in [-0.2, -0.15) is 4.31 Å². The lowest BCUT2D eigenvalue weighted by molar-refractivity contribution is -0.118. The maximum atomic E-state index is 12.4. The number of aryl methyl sites for hydroxylation is 1. The van der Waals surface area contributed by atoms with Crippen LogP contribution in [-0.4, -0.2) is 63.1 Å². The Bertz CT molecular complexity index is 683. The van der Waals surface area contributed by atoms with E-state index in [1.165, 1.54) is 9.87 Å². The van der Waals surface area contributed by atoms with Crippen molar-refractivity contribution in [2.24, 2.45) is 5.73 Å². The topological polar surface area (TPSA) is 95.7 Å². The number of carbonyl (C=O) groups is 1. The molecule has 0 spiro atoms. The van der Waals surface area contributed by atoms with E-state index in [1.807, 2.05) is 32.0 Å². The number of rotatable bonds is 7. The largest absolute Gasteiger partial charge is 0.369 e. The molecule has 25 heavy (non-hydrogen) atoms. The van der Waals surface area contributed by atoms with Crippen LogP contribution in [0.5, 0.6) is 0 Å². The fourth-order valence-corrected chi connectivity index (χ4v) is 4.13. The lowest BCUT2D eigenvalue weighted by Gasteiger charge is -2.35.